The fourth-order valence-corrected chi connectivity index (χ4v) is 2.70. The van der Waals surface area contributed by atoms with Crippen molar-refractivity contribution >= 4 is 11.8 Å². The highest BCUT2D eigenvalue weighted by atomic mass is 16.3. The lowest BCUT2D eigenvalue weighted by Gasteiger charge is -2.27. The average molecular weight is 307 g/mol. The quantitative estimate of drug-likeness (QED) is 0.690. The van der Waals surface area contributed by atoms with E-state index in [0.29, 0.717) is 31.3 Å². The van der Waals surface area contributed by atoms with Crippen LogP contribution in [0.5, 0.6) is 0 Å². The number of hydrogen-bond donors (Lipinski definition) is 3. The summed E-state index contributed by atoms with van der Waals surface area (Å²) in [6.07, 6.45) is 3.99. The molecule has 0 spiro atoms. The molecule has 1 aliphatic rings. The monoisotopic (exact) mass is 307 g/mol. The van der Waals surface area contributed by atoms with Crippen molar-refractivity contribution in [2.75, 3.05) is 19.6 Å². The standard InChI is InChI=1S/C16H25N3O3/c1-11-5-9-22-14(11)16(21)19-7-3-6-18-15(20)13-4-8-17-12(2)10-13/h5,9,12-13,17H,3-4,6-8,10H2,1-2H3,(H,18,20)(H,19,21)/t12-,13-/m0/s1. The van der Waals surface area contributed by atoms with Gasteiger partial charge in [-0.1, -0.05) is 0 Å². The highest BCUT2D eigenvalue weighted by Gasteiger charge is 2.24. The number of rotatable bonds is 6. The molecule has 0 aromatic carbocycles. The summed E-state index contributed by atoms with van der Waals surface area (Å²) < 4.78 is 5.12. The molecule has 1 fully saturated rings. The fourth-order valence-electron chi connectivity index (χ4n) is 2.70. The van der Waals surface area contributed by atoms with Crippen molar-refractivity contribution in [3.8, 4) is 0 Å². The predicted octanol–water partition coefficient (Wildman–Crippen LogP) is 1.21. The van der Waals surface area contributed by atoms with E-state index < -0.39 is 0 Å². The van der Waals surface area contributed by atoms with Gasteiger partial charge in [-0.25, -0.2) is 0 Å². The van der Waals surface area contributed by atoms with Crippen LogP contribution in [0.1, 0.15) is 42.3 Å². The summed E-state index contributed by atoms with van der Waals surface area (Å²) in [4.78, 5) is 23.8. The van der Waals surface area contributed by atoms with Crippen LogP contribution >= 0.6 is 0 Å². The van der Waals surface area contributed by atoms with Gasteiger partial charge in [-0.2, -0.15) is 0 Å². The molecule has 1 aromatic rings. The number of furan rings is 1. The van der Waals surface area contributed by atoms with Crippen LogP contribution in [-0.4, -0.2) is 37.5 Å². The Kier molecular flexibility index (Phi) is 6.00. The zero-order valence-corrected chi connectivity index (χ0v) is 13.3. The Morgan fingerprint density at radius 1 is 1.36 bits per heavy atom. The Balaban J connectivity index is 1.60. The van der Waals surface area contributed by atoms with E-state index in [0.717, 1.165) is 24.9 Å². The van der Waals surface area contributed by atoms with E-state index in [1.54, 1.807) is 6.07 Å². The van der Waals surface area contributed by atoms with Crippen LogP contribution in [0.3, 0.4) is 0 Å². The minimum Gasteiger partial charge on any atom is -0.459 e. The first-order valence-corrected chi connectivity index (χ1v) is 7.91. The summed E-state index contributed by atoms with van der Waals surface area (Å²) in [7, 11) is 0. The van der Waals surface area contributed by atoms with Crippen molar-refractivity contribution in [1.82, 2.24) is 16.0 Å². The molecule has 22 heavy (non-hydrogen) atoms. The SMILES string of the molecule is Cc1ccoc1C(=O)NCCCNC(=O)[C@H]1CCN[C@@H](C)C1. The minimum atomic E-state index is -0.207. The van der Waals surface area contributed by atoms with E-state index in [2.05, 4.69) is 22.9 Å². The molecule has 0 aliphatic carbocycles. The second kappa shape index (κ2) is 7.98. The number of aryl methyl sites for hydroxylation is 1. The molecule has 2 rings (SSSR count). The van der Waals surface area contributed by atoms with Crippen molar-refractivity contribution in [3.05, 3.63) is 23.7 Å². The molecule has 2 atom stereocenters. The van der Waals surface area contributed by atoms with Crippen molar-refractivity contribution in [2.24, 2.45) is 5.92 Å². The topological polar surface area (TPSA) is 83.4 Å². The van der Waals surface area contributed by atoms with Crippen molar-refractivity contribution in [2.45, 2.75) is 39.2 Å². The third-order valence-electron chi connectivity index (χ3n) is 4.00. The molecule has 122 valence electrons. The zero-order chi connectivity index (χ0) is 15.9. The molecule has 0 bridgehead atoms. The van der Waals surface area contributed by atoms with E-state index in [4.69, 9.17) is 4.42 Å². The number of hydrogen-bond acceptors (Lipinski definition) is 4. The van der Waals surface area contributed by atoms with Crippen LogP contribution in [0.25, 0.3) is 0 Å². The second-order valence-corrected chi connectivity index (χ2v) is 5.91. The molecule has 1 aromatic heterocycles. The van der Waals surface area contributed by atoms with Gasteiger partial charge in [-0.15, -0.1) is 0 Å². The van der Waals surface area contributed by atoms with Crippen molar-refractivity contribution in [3.63, 3.8) is 0 Å². The smallest absolute Gasteiger partial charge is 0.287 e. The maximum Gasteiger partial charge on any atom is 0.287 e. The number of carbonyl (C=O) groups excluding carboxylic acids is 2. The maximum absolute atomic E-state index is 12.0. The van der Waals surface area contributed by atoms with E-state index in [-0.39, 0.29) is 17.7 Å². The molecule has 2 amide bonds. The van der Waals surface area contributed by atoms with Gasteiger partial charge >= 0.3 is 0 Å². The normalized spacial score (nSPS) is 21.4. The lowest BCUT2D eigenvalue weighted by atomic mass is 9.92. The van der Waals surface area contributed by atoms with Gasteiger partial charge in [0, 0.05) is 30.6 Å². The Morgan fingerprint density at radius 2 is 2.14 bits per heavy atom. The summed E-state index contributed by atoms with van der Waals surface area (Å²) in [5.41, 5.74) is 0.825. The number of amides is 2. The van der Waals surface area contributed by atoms with Crippen molar-refractivity contribution < 1.29 is 14.0 Å². The number of carbonyl (C=O) groups is 2. The third-order valence-corrected chi connectivity index (χ3v) is 4.00. The molecule has 1 saturated heterocycles. The Bertz CT molecular complexity index is 512. The van der Waals surface area contributed by atoms with Gasteiger partial charge in [0.25, 0.3) is 5.91 Å². The summed E-state index contributed by atoms with van der Waals surface area (Å²) in [5.74, 6) is 0.381. The first-order chi connectivity index (χ1) is 10.6. The maximum atomic E-state index is 12.0. The van der Waals surface area contributed by atoms with E-state index in [1.165, 1.54) is 6.26 Å². The van der Waals surface area contributed by atoms with Crippen molar-refractivity contribution in [1.29, 1.82) is 0 Å². The van der Waals surface area contributed by atoms with Gasteiger partial charge < -0.3 is 20.4 Å². The molecular weight excluding hydrogens is 282 g/mol. The Morgan fingerprint density at radius 3 is 2.82 bits per heavy atom. The van der Waals surface area contributed by atoms with Gasteiger partial charge in [0.2, 0.25) is 5.91 Å². The van der Waals surface area contributed by atoms with E-state index in [1.807, 2.05) is 6.92 Å². The van der Waals surface area contributed by atoms with E-state index >= 15 is 0 Å². The molecule has 6 nitrogen and oxygen atoms in total. The summed E-state index contributed by atoms with van der Waals surface area (Å²) in [5, 5.41) is 9.08. The molecule has 3 N–H and O–H groups in total. The average Bonchev–Trinajstić information content (AvgIpc) is 2.92. The summed E-state index contributed by atoms with van der Waals surface area (Å²) in [6.45, 7) is 5.93. The van der Waals surface area contributed by atoms with Gasteiger partial charge in [0.1, 0.15) is 0 Å². The zero-order valence-electron chi connectivity index (χ0n) is 13.3. The van der Waals surface area contributed by atoms with Gasteiger partial charge in [0.15, 0.2) is 5.76 Å². The van der Waals surface area contributed by atoms with Gasteiger partial charge in [-0.3, -0.25) is 9.59 Å². The third kappa shape index (κ3) is 4.59. The van der Waals surface area contributed by atoms with Gasteiger partial charge in [0.05, 0.1) is 6.26 Å². The molecule has 0 radical (unpaired) electrons. The van der Waals surface area contributed by atoms with Gasteiger partial charge in [-0.05, 0) is 45.7 Å². The minimum absolute atomic E-state index is 0.108. The summed E-state index contributed by atoms with van der Waals surface area (Å²) in [6, 6.07) is 2.16. The molecule has 6 heteroatoms. The van der Waals surface area contributed by atoms with Crippen LogP contribution in [-0.2, 0) is 4.79 Å². The van der Waals surface area contributed by atoms with Crippen LogP contribution in [0.4, 0.5) is 0 Å². The van der Waals surface area contributed by atoms with Crippen LogP contribution in [0, 0.1) is 12.8 Å². The first-order valence-electron chi connectivity index (χ1n) is 7.91. The number of nitrogens with one attached hydrogen (secondary N) is 3. The predicted molar refractivity (Wildman–Crippen MR) is 83.6 cm³/mol. The van der Waals surface area contributed by atoms with Crippen LogP contribution < -0.4 is 16.0 Å². The van der Waals surface area contributed by atoms with Crippen LogP contribution in [0.15, 0.2) is 16.7 Å². The number of piperidine rings is 1. The highest BCUT2D eigenvalue weighted by molar-refractivity contribution is 5.92. The first kappa shape index (κ1) is 16.5. The molecule has 0 unspecified atom stereocenters. The lowest BCUT2D eigenvalue weighted by Crippen LogP contribution is -2.42. The van der Waals surface area contributed by atoms with E-state index in [9.17, 15) is 9.59 Å². The second-order valence-electron chi connectivity index (χ2n) is 5.91. The van der Waals surface area contributed by atoms with Crippen LogP contribution in [0.2, 0.25) is 0 Å². The molecular formula is C16H25N3O3. The largest absolute Gasteiger partial charge is 0.459 e. The summed E-state index contributed by atoms with van der Waals surface area (Å²) >= 11 is 0. The Labute approximate surface area is 131 Å². The highest BCUT2D eigenvalue weighted by Crippen LogP contribution is 2.15. The molecule has 2 heterocycles. The fraction of sp³-hybridized carbons (Fsp3) is 0.625. The Hall–Kier alpha value is -1.82. The molecule has 0 saturated carbocycles. The lowest BCUT2D eigenvalue weighted by molar-refractivity contribution is -0.126. The molecule has 1 aliphatic heterocycles.